The van der Waals surface area contributed by atoms with Gasteiger partial charge in [-0.3, -0.25) is 9.52 Å². The van der Waals surface area contributed by atoms with Crippen molar-refractivity contribution in [1.82, 2.24) is 0 Å². The number of rotatable bonds is 4. The van der Waals surface area contributed by atoms with Crippen LogP contribution in [0.15, 0.2) is 64.9 Å². The van der Waals surface area contributed by atoms with E-state index in [9.17, 15) is 13.2 Å². The van der Waals surface area contributed by atoms with E-state index in [0.717, 1.165) is 16.8 Å². The van der Waals surface area contributed by atoms with E-state index in [1.807, 2.05) is 41.8 Å². The minimum atomic E-state index is -3.69. The molecular formula is C23H24N2O3S2. The average molecular weight is 441 g/mol. The summed E-state index contributed by atoms with van der Waals surface area (Å²) in [5, 5.41) is 1.89. The van der Waals surface area contributed by atoms with Crippen LogP contribution in [0.4, 0.5) is 11.4 Å². The van der Waals surface area contributed by atoms with Crippen molar-refractivity contribution in [1.29, 1.82) is 0 Å². The first kappa shape index (κ1) is 20.6. The SMILES string of the molecule is CC(C)(C)c1ccc(S(=O)(=O)Nc2ccc3c(c2)CCN3C(=O)c2cccs2)cc1. The molecule has 1 N–H and O–H groups in total. The Hall–Kier alpha value is -2.64. The molecule has 7 heteroatoms. The summed E-state index contributed by atoms with van der Waals surface area (Å²) in [7, 11) is -3.69. The number of nitrogens with one attached hydrogen (secondary N) is 1. The van der Waals surface area contributed by atoms with Gasteiger partial charge in [-0.2, -0.15) is 0 Å². The molecule has 2 heterocycles. The third-order valence-electron chi connectivity index (χ3n) is 5.24. The van der Waals surface area contributed by atoms with Crippen LogP contribution in [0.3, 0.4) is 0 Å². The molecule has 2 aromatic carbocycles. The molecule has 0 spiro atoms. The van der Waals surface area contributed by atoms with E-state index in [-0.39, 0.29) is 16.2 Å². The van der Waals surface area contributed by atoms with Gasteiger partial charge in [-0.1, -0.05) is 39.0 Å². The highest BCUT2D eigenvalue weighted by molar-refractivity contribution is 7.92. The molecular weight excluding hydrogens is 416 g/mol. The first-order chi connectivity index (χ1) is 14.1. The first-order valence-electron chi connectivity index (χ1n) is 9.77. The van der Waals surface area contributed by atoms with Gasteiger partial charge >= 0.3 is 0 Å². The number of thiophene rings is 1. The minimum Gasteiger partial charge on any atom is -0.307 e. The molecule has 0 saturated carbocycles. The lowest BCUT2D eigenvalue weighted by molar-refractivity contribution is 0.0993. The largest absolute Gasteiger partial charge is 0.307 e. The Morgan fingerprint density at radius 2 is 1.80 bits per heavy atom. The van der Waals surface area contributed by atoms with E-state index in [4.69, 9.17) is 0 Å². The van der Waals surface area contributed by atoms with Crippen LogP contribution in [-0.2, 0) is 21.9 Å². The van der Waals surface area contributed by atoms with Crippen LogP contribution in [0.25, 0.3) is 0 Å². The lowest BCUT2D eigenvalue weighted by atomic mass is 9.87. The number of amides is 1. The molecule has 0 bridgehead atoms. The van der Waals surface area contributed by atoms with E-state index in [1.165, 1.54) is 11.3 Å². The van der Waals surface area contributed by atoms with Gasteiger partial charge in [0.15, 0.2) is 0 Å². The normalized spacial score (nSPS) is 13.9. The van der Waals surface area contributed by atoms with Gasteiger partial charge in [0.25, 0.3) is 15.9 Å². The number of benzene rings is 2. The van der Waals surface area contributed by atoms with Gasteiger partial charge in [-0.05, 0) is 64.7 Å². The minimum absolute atomic E-state index is 0.0176. The second-order valence-electron chi connectivity index (χ2n) is 8.41. The second kappa shape index (κ2) is 7.56. The fraction of sp³-hybridized carbons (Fsp3) is 0.261. The van der Waals surface area contributed by atoms with Crippen molar-refractivity contribution < 1.29 is 13.2 Å². The molecule has 1 amide bonds. The van der Waals surface area contributed by atoms with Crippen LogP contribution >= 0.6 is 11.3 Å². The van der Waals surface area contributed by atoms with Crippen LogP contribution in [0.5, 0.6) is 0 Å². The second-order valence-corrected chi connectivity index (χ2v) is 11.0. The summed E-state index contributed by atoms with van der Waals surface area (Å²) in [5.41, 5.74) is 3.34. The van der Waals surface area contributed by atoms with Gasteiger partial charge in [0.2, 0.25) is 0 Å². The zero-order chi connectivity index (χ0) is 21.5. The van der Waals surface area contributed by atoms with Gasteiger partial charge in [-0.15, -0.1) is 11.3 Å². The van der Waals surface area contributed by atoms with Crippen molar-refractivity contribution in [3.63, 3.8) is 0 Å². The molecule has 0 aliphatic carbocycles. The van der Waals surface area contributed by atoms with E-state index >= 15 is 0 Å². The Morgan fingerprint density at radius 3 is 2.43 bits per heavy atom. The number of carbonyl (C=O) groups excluding carboxylic acids is 1. The Labute approximate surface area is 181 Å². The van der Waals surface area contributed by atoms with Gasteiger partial charge in [0.1, 0.15) is 0 Å². The standard InChI is InChI=1S/C23H24N2O3S2/c1-23(2,3)17-6-9-19(10-7-17)30(27,28)24-18-8-11-20-16(15-18)12-13-25(20)22(26)21-5-4-14-29-21/h4-11,14-15,24H,12-13H2,1-3H3. The Kier molecular flexibility index (Phi) is 5.20. The van der Waals surface area contributed by atoms with Crippen molar-refractivity contribution in [3.05, 3.63) is 76.0 Å². The van der Waals surface area contributed by atoms with Crippen LogP contribution in [0, 0.1) is 0 Å². The maximum Gasteiger partial charge on any atom is 0.268 e. The van der Waals surface area contributed by atoms with E-state index in [2.05, 4.69) is 25.5 Å². The Bertz CT molecular complexity index is 1180. The van der Waals surface area contributed by atoms with Crippen LogP contribution in [0.1, 0.15) is 41.6 Å². The lowest BCUT2D eigenvalue weighted by Crippen LogP contribution is -2.28. The molecule has 30 heavy (non-hydrogen) atoms. The van der Waals surface area contributed by atoms with Gasteiger partial charge in [-0.25, -0.2) is 8.42 Å². The maximum atomic E-state index is 12.8. The third kappa shape index (κ3) is 4.00. The number of anilines is 2. The summed E-state index contributed by atoms with van der Waals surface area (Å²) in [6.45, 7) is 6.86. The number of hydrogen-bond acceptors (Lipinski definition) is 4. The Morgan fingerprint density at radius 1 is 1.07 bits per heavy atom. The molecule has 1 aliphatic rings. The molecule has 0 saturated heterocycles. The molecule has 156 valence electrons. The van der Waals surface area contributed by atoms with Crippen LogP contribution in [-0.4, -0.2) is 20.9 Å². The topological polar surface area (TPSA) is 66.5 Å². The molecule has 0 atom stereocenters. The third-order valence-corrected chi connectivity index (χ3v) is 7.49. The van der Waals surface area contributed by atoms with Crippen molar-refractivity contribution >= 4 is 38.6 Å². The summed E-state index contributed by atoms with van der Waals surface area (Å²) in [4.78, 5) is 15.4. The van der Waals surface area contributed by atoms with E-state index in [1.54, 1.807) is 23.1 Å². The molecule has 5 nitrogen and oxygen atoms in total. The lowest BCUT2D eigenvalue weighted by Gasteiger charge is -2.19. The highest BCUT2D eigenvalue weighted by Gasteiger charge is 2.27. The Balaban J connectivity index is 1.54. The summed E-state index contributed by atoms with van der Waals surface area (Å²) in [5.74, 6) is -0.0176. The number of nitrogens with zero attached hydrogens (tertiary/aromatic N) is 1. The fourth-order valence-corrected chi connectivity index (χ4v) is 5.28. The first-order valence-corrected chi connectivity index (χ1v) is 12.1. The average Bonchev–Trinajstić information content (AvgIpc) is 3.36. The van der Waals surface area contributed by atoms with Crippen molar-refractivity contribution in [2.75, 3.05) is 16.2 Å². The smallest absolute Gasteiger partial charge is 0.268 e. The highest BCUT2D eigenvalue weighted by atomic mass is 32.2. The molecule has 4 rings (SSSR count). The fourth-order valence-electron chi connectivity index (χ4n) is 3.56. The summed E-state index contributed by atoms with van der Waals surface area (Å²) >= 11 is 1.42. The molecule has 1 aliphatic heterocycles. The monoisotopic (exact) mass is 440 g/mol. The summed E-state index contributed by atoms with van der Waals surface area (Å²) < 4.78 is 28.3. The molecule has 0 radical (unpaired) electrons. The maximum absolute atomic E-state index is 12.8. The molecule has 0 fully saturated rings. The van der Waals surface area contributed by atoms with Gasteiger partial charge in [0, 0.05) is 17.9 Å². The quantitative estimate of drug-likeness (QED) is 0.617. The predicted molar refractivity (Wildman–Crippen MR) is 122 cm³/mol. The molecule has 3 aromatic rings. The highest BCUT2D eigenvalue weighted by Crippen LogP contribution is 2.33. The van der Waals surface area contributed by atoms with E-state index < -0.39 is 10.0 Å². The summed E-state index contributed by atoms with van der Waals surface area (Å²) in [6, 6.07) is 16.0. The van der Waals surface area contributed by atoms with E-state index in [0.29, 0.717) is 23.5 Å². The van der Waals surface area contributed by atoms with Gasteiger partial charge < -0.3 is 4.90 Å². The van der Waals surface area contributed by atoms with Crippen molar-refractivity contribution in [3.8, 4) is 0 Å². The number of hydrogen-bond donors (Lipinski definition) is 1. The number of carbonyl (C=O) groups is 1. The van der Waals surface area contributed by atoms with Crippen LogP contribution < -0.4 is 9.62 Å². The van der Waals surface area contributed by atoms with Gasteiger partial charge in [0.05, 0.1) is 9.77 Å². The molecule has 0 unspecified atom stereocenters. The zero-order valence-corrected chi connectivity index (χ0v) is 18.8. The van der Waals surface area contributed by atoms with Crippen LogP contribution in [0.2, 0.25) is 0 Å². The van der Waals surface area contributed by atoms with Crippen molar-refractivity contribution in [2.24, 2.45) is 0 Å². The van der Waals surface area contributed by atoms with Crippen molar-refractivity contribution in [2.45, 2.75) is 37.5 Å². The molecule has 1 aromatic heterocycles. The number of sulfonamides is 1. The summed E-state index contributed by atoms with van der Waals surface area (Å²) in [6.07, 6.45) is 0.697. The number of fused-ring (bicyclic) bond motifs is 1. The predicted octanol–water partition coefficient (Wildman–Crippen LogP) is 5.05. The zero-order valence-electron chi connectivity index (χ0n) is 17.2.